The molecule has 27 heavy (non-hydrogen) atoms. The zero-order chi connectivity index (χ0) is 18.8. The summed E-state index contributed by atoms with van der Waals surface area (Å²) in [6.07, 6.45) is 0.146. The summed E-state index contributed by atoms with van der Waals surface area (Å²) in [5, 5.41) is 3.53. The molecule has 1 aromatic heterocycles. The molecule has 1 aliphatic heterocycles. The van der Waals surface area contributed by atoms with Crippen LogP contribution in [0.2, 0.25) is 5.02 Å². The molecule has 0 saturated heterocycles. The molecule has 0 unspecified atom stereocenters. The van der Waals surface area contributed by atoms with Crippen molar-refractivity contribution in [1.82, 2.24) is 10.3 Å². The molecule has 0 bridgehead atoms. The van der Waals surface area contributed by atoms with Crippen molar-refractivity contribution in [3.05, 3.63) is 64.5 Å². The first-order valence-electron chi connectivity index (χ1n) is 8.46. The molecule has 0 aliphatic carbocycles. The van der Waals surface area contributed by atoms with Gasteiger partial charge in [0.1, 0.15) is 5.76 Å². The normalized spacial score (nSPS) is 12.2. The summed E-state index contributed by atoms with van der Waals surface area (Å²) in [5.41, 5.74) is 2.36. The molecule has 0 saturated carbocycles. The number of oxazole rings is 1. The van der Waals surface area contributed by atoms with Crippen LogP contribution in [-0.4, -0.2) is 17.7 Å². The van der Waals surface area contributed by atoms with Gasteiger partial charge in [0.15, 0.2) is 11.5 Å². The van der Waals surface area contributed by atoms with E-state index in [-0.39, 0.29) is 19.1 Å². The van der Waals surface area contributed by atoms with Gasteiger partial charge in [-0.1, -0.05) is 17.7 Å². The van der Waals surface area contributed by atoms with Gasteiger partial charge in [0.25, 0.3) is 0 Å². The first-order chi connectivity index (χ1) is 13.1. The molecule has 1 N–H and O–H groups in total. The molecule has 7 heteroatoms. The summed E-state index contributed by atoms with van der Waals surface area (Å²) >= 11 is 5.90. The van der Waals surface area contributed by atoms with E-state index >= 15 is 0 Å². The number of aromatic nitrogens is 1. The van der Waals surface area contributed by atoms with E-state index in [9.17, 15) is 4.79 Å². The largest absolute Gasteiger partial charge is 0.454 e. The first-order valence-corrected chi connectivity index (χ1v) is 8.84. The molecular formula is C20H17ClN2O4. The number of benzene rings is 2. The molecule has 0 radical (unpaired) electrons. The maximum atomic E-state index is 12.3. The van der Waals surface area contributed by atoms with Crippen molar-refractivity contribution in [3.63, 3.8) is 0 Å². The number of aryl methyl sites for hydroxylation is 1. The third kappa shape index (κ3) is 3.90. The van der Waals surface area contributed by atoms with Crippen LogP contribution in [0.3, 0.4) is 0 Å². The van der Waals surface area contributed by atoms with Crippen molar-refractivity contribution < 1.29 is 18.7 Å². The molecule has 138 valence electrons. The van der Waals surface area contributed by atoms with Gasteiger partial charge in [0.2, 0.25) is 18.6 Å². The fraction of sp³-hybridized carbons (Fsp3) is 0.200. The van der Waals surface area contributed by atoms with Crippen molar-refractivity contribution in [2.24, 2.45) is 0 Å². The third-order valence-corrected chi connectivity index (χ3v) is 4.49. The zero-order valence-electron chi connectivity index (χ0n) is 14.6. The molecule has 1 aliphatic rings. The number of halogens is 1. The van der Waals surface area contributed by atoms with Gasteiger partial charge in [0.05, 0.1) is 12.1 Å². The number of ether oxygens (including phenoxy) is 2. The van der Waals surface area contributed by atoms with Crippen LogP contribution in [0.5, 0.6) is 11.5 Å². The highest BCUT2D eigenvalue weighted by atomic mass is 35.5. The number of fused-ring (bicyclic) bond motifs is 1. The minimum Gasteiger partial charge on any atom is -0.454 e. The number of carbonyl (C=O) groups is 1. The summed E-state index contributed by atoms with van der Waals surface area (Å²) in [4.78, 5) is 16.7. The molecular weight excluding hydrogens is 368 g/mol. The predicted octanol–water partition coefficient (Wildman–Crippen LogP) is 3.89. The van der Waals surface area contributed by atoms with Gasteiger partial charge in [-0.05, 0) is 48.9 Å². The monoisotopic (exact) mass is 384 g/mol. The smallest absolute Gasteiger partial charge is 0.231 e. The molecule has 2 aromatic carbocycles. The van der Waals surface area contributed by atoms with Crippen LogP contribution in [0.25, 0.3) is 11.5 Å². The van der Waals surface area contributed by atoms with Gasteiger partial charge >= 0.3 is 0 Å². The highest BCUT2D eigenvalue weighted by Crippen LogP contribution is 2.32. The number of hydrogen-bond acceptors (Lipinski definition) is 5. The van der Waals surface area contributed by atoms with E-state index < -0.39 is 0 Å². The molecule has 0 spiro atoms. The van der Waals surface area contributed by atoms with Gasteiger partial charge in [-0.25, -0.2) is 4.98 Å². The molecule has 1 amide bonds. The van der Waals surface area contributed by atoms with Crippen LogP contribution in [0.1, 0.15) is 17.0 Å². The Labute approximate surface area is 161 Å². The maximum Gasteiger partial charge on any atom is 0.231 e. The SMILES string of the molecule is Cc1oc(-c2ccc(Cl)cc2)nc1CC(=O)NCc1ccc2c(c1)OCO2. The lowest BCUT2D eigenvalue weighted by Gasteiger charge is -2.05. The van der Waals surface area contributed by atoms with E-state index in [1.54, 1.807) is 19.1 Å². The Morgan fingerprint density at radius 3 is 2.74 bits per heavy atom. The second-order valence-electron chi connectivity index (χ2n) is 6.17. The zero-order valence-corrected chi connectivity index (χ0v) is 15.4. The van der Waals surface area contributed by atoms with Crippen molar-refractivity contribution in [1.29, 1.82) is 0 Å². The van der Waals surface area contributed by atoms with E-state index in [1.807, 2.05) is 30.3 Å². The minimum absolute atomic E-state index is 0.133. The number of carbonyl (C=O) groups excluding carboxylic acids is 1. The van der Waals surface area contributed by atoms with Crippen LogP contribution in [0.15, 0.2) is 46.9 Å². The fourth-order valence-electron chi connectivity index (χ4n) is 2.77. The average molecular weight is 385 g/mol. The Kier molecular flexibility index (Phi) is 4.73. The molecule has 0 fully saturated rings. The Balaban J connectivity index is 1.39. The lowest BCUT2D eigenvalue weighted by Crippen LogP contribution is -2.24. The standard InChI is InChI=1S/C20H17ClN2O4/c1-12-16(23-20(27-12)14-3-5-15(21)6-4-14)9-19(24)22-10-13-2-7-17-18(8-13)26-11-25-17/h2-8H,9-11H2,1H3,(H,22,24). The highest BCUT2D eigenvalue weighted by molar-refractivity contribution is 6.30. The summed E-state index contributed by atoms with van der Waals surface area (Å²) < 4.78 is 16.3. The Hall–Kier alpha value is -2.99. The van der Waals surface area contributed by atoms with E-state index in [0.717, 1.165) is 16.9 Å². The van der Waals surface area contributed by atoms with Crippen molar-refractivity contribution in [2.75, 3.05) is 6.79 Å². The van der Waals surface area contributed by atoms with Crippen LogP contribution < -0.4 is 14.8 Å². The summed E-state index contributed by atoms with van der Waals surface area (Å²) in [6.45, 7) is 2.43. The molecule has 0 atom stereocenters. The molecule has 6 nitrogen and oxygen atoms in total. The van der Waals surface area contributed by atoms with Gasteiger partial charge in [0, 0.05) is 17.1 Å². The van der Waals surface area contributed by atoms with Gasteiger partial charge in [-0.3, -0.25) is 4.79 Å². The van der Waals surface area contributed by atoms with E-state index in [0.29, 0.717) is 34.7 Å². The van der Waals surface area contributed by atoms with E-state index in [2.05, 4.69) is 10.3 Å². The van der Waals surface area contributed by atoms with E-state index in [1.165, 1.54) is 0 Å². The average Bonchev–Trinajstić information content (AvgIpc) is 3.27. The maximum absolute atomic E-state index is 12.3. The number of rotatable bonds is 5. The second-order valence-corrected chi connectivity index (χ2v) is 6.61. The Morgan fingerprint density at radius 2 is 1.93 bits per heavy atom. The Bertz CT molecular complexity index is 982. The molecule has 3 aromatic rings. The van der Waals surface area contributed by atoms with Crippen LogP contribution in [-0.2, 0) is 17.8 Å². The van der Waals surface area contributed by atoms with Crippen molar-refractivity contribution in [3.8, 4) is 23.0 Å². The first kappa shape index (κ1) is 17.4. The lowest BCUT2D eigenvalue weighted by molar-refractivity contribution is -0.120. The van der Waals surface area contributed by atoms with E-state index in [4.69, 9.17) is 25.5 Å². The quantitative estimate of drug-likeness (QED) is 0.722. The van der Waals surface area contributed by atoms with Gasteiger partial charge < -0.3 is 19.2 Å². The molecule has 4 rings (SSSR count). The Morgan fingerprint density at radius 1 is 1.15 bits per heavy atom. The predicted molar refractivity (Wildman–Crippen MR) is 99.8 cm³/mol. The number of hydrogen-bond donors (Lipinski definition) is 1. The topological polar surface area (TPSA) is 73.6 Å². The second kappa shape index (κ2) is 7.32. The van der Waals surface area contributed by atoms with Crippen LogP contribution in [0, 0.1) is 6.92 Å². The van der Waals surface area contributed by atoms with Gasteiger partial charge in [-0.15, -0.1) is 0 Å². The van der Waals surface area contributed by atoms with Crippen molar-refractivity contribution in [2.45, 2.75) is 19.9 Å². The van der Waals surface area contributed by atoms with Crippen LogP contribution in [0.4, 0.5) is 0 Å². The molecule has 2 heterocycles. The lowest BCUT2D eigenvalue weighted by atomic mass is 10.2. The minimum atomic E-state index is -0.133. The van der Waals surface area contributed by atoms with Gasteiger partial charge in [-0.2, -0.15) is 0 Å². The van der Waals surface area contributed by atoms with Crippen molar-refractivity contribution >= 4 is 17.5 Å². The number of nitrogens with zero attached hydrogens (tertiary/aromatic N) is 1. The fourth-order valence-corrected chi connectivity index (χ4v) is 2.90. The summed E-state index contributed by atoms with van der Waals surface area (Å²) in [6, 6.07) is 12.8. The number of nitrogens with one attached hydrogen (secondary N) is 1. The third-order valence-electron chi connectivity index (χ3n) is 4.24. The van der Waals surface area contributed by atoms with Crippen LogP contribution >= 0.6 is 11.6 Å². The number of amides is 1. The summed E-state index contributed by atoms with van der Waals surface area (Å²) in [5.74, 6) is 2.38. The highest BCUT2D eigenvalue weighted by Gasteiger charge is 2.16. The summed E-state index contributed by atoms with van der Waals surface area (Å²) in [7, 11) is 0.